The summed E-state index contributed by atoms with van der Waals surface area (Å²) >= 11 is 0. The number of anilines is 1. The number of carbonyl (C=O) groups is 2. The fourth-order valence-electron chi connectivity index (χ4n) is 4.52. The number of hydrogen-bond acceptors (Lipinski definition) is 11. The lowest BCUT2D eigenvalue weighted by atomic mass is 9.89. The number of hydrogen-bond donors (Lipinski definition) is 4. The highest BCUT2D eigenvalue weighted by molar-refractivity contribution is 5.97. The van der Waals surface area contributed by atoms with Gasteiger partial charge in [0.1, 0.15) is 24.0 Å². The number of terminal acetylenes is 1. The minimum atomic E-state index is -1.54. The lowest BCUT2D eigenvalue weighted by Gasteiger charge is -2.47. The van der Waals surface area contributed by atoms with E-state index >= 15 is 0 Å². The normalized spacial score (nSPS) is 21.2. The Kier molecular flexibility index (Phi) is 10.6. The molecule has 1 aromatic carbocycles. The van der Waals surface area contributed by atoms with Gasteiger partial charge in [-0.15, -0.1) is 6.42 Å². The lowest BCUT2D eigenvalue weighted by molar-refractivity contribution is -0.305. The van der Waals surface area contributed by atoms with Crippen molar-refractivity contribution in [3.05, 3.63) is 39.8 Å². The summed E-state index contributed by atoms with van der Waals surface area (Å²) in [5.41, 5.74) is 0.907. The van der Waals surface area contributed by atoms with Crippen LogP contribution >= 0.6 is 0 Å². The molecule has 3 rings (SSSR count). The number of fused-ring (bicyclic) bond motifs is 1. The first-order chi connectivity index (χ1) is 19.8. The molecule has 1 aliphatic rings. The van der Waals surface area contributed by atoms with E-state index in [0.717, 1.165) is 5.57 Å². The quantitative estimate of drug-likeness (QED) is 0.106. The summed E-state index contributed by atoms with van der Waals surface area (Å²) in [6.07, 6.45) is 1.46. The van der Waals surface area contributed by atoms with Crippen LogP contribution in [-0.4, -0.2) is 66.1 Å². The molecule has 2 amide bonds. The van der Waals surface area contributed by atoms with Gasteiger partial charge in [-0.05, 0) is 53.2 Å². The number of aromatic hydroxyl groups is 1. The summed E-state index contributed by atoms with van der Waals surface area (Å²) in [6.45, 7) is 8.50. The van der Waals surface area contributed by atoms with Crippen LogP contribution in [0.2, 0.25) is 0 Å². The van der Waals surface area contributed by atoms with Crippen LogP contribution in [0.4, 0.5) is 10.5 Å². The second kappa shape index (κ2) is 13.7. The van der Waals surface area contributed by atoms with Crippen molar-refractivity contribution in [1.82, 2.24) is 5.48 Å². The minimum absolute atomic E-state index is 0.00490. The first kappa shape index (κ1) is 32.4. The molecular weight excluding hydrogens is 552 g/mol. The Morgan fingerprint density at radius 1 is 1.26 bits per heavy atom. The van der Waals surface area contributed by atoms with E-state index in [0.29, 0.717) is 12.0 Å². The zero-order valence-electron chi connectivity index (χ0n) is 24.3. The Balaban J connectivity index is 1.87. The number of rotatable bonds is 10. The van der Waals surface area contributed by atoms with Crippen LogP contribution in [0.3, 0.4) is 0 Å². The summed E-state index contributed by atoms with van der Waals surface area (Å²) in [5, 5.41) is 24.5. The fourth-order valence-corrected chi connectivity index (χ4v) is 4.52. The van der Waals surface area contributed by atoms with E-state index in [2.05, 4.69) is 11.2 Å². The molecule has 0 radical (unpaired) electrons. The van der Waals surface area contributed by atoms with Crippen molar-refractivity contribution in [3.63, 3.8) is 0 Å². The zero-order chi connectivity index (χ0) is 31.2. The van der Waals surface area contributed by atoms with Crippen LogP contribution in [0.5, 0.6) is 11.5 Å². The molecule has 0 bridgehead atoms. The fraction of sp³-hybridized carbons (Fsp3) is 0.483. The summed E-state index contributed by atoms with van der Waals surface area (Å²) in [5.74, 6) is 1.40. The molecule has 0 saturated carbocycles. The maximum absolute atomic E-state index is 12.7. The van der Waals surface area contributed by atoms with Crippen LogP contribution in [0, 0.1) is 19.3 Å². The molecule has 1 fully saturated rings. The highest BCUT2D eigenvalue weighted by atomic mass is 16.7. The Labute approximate surface area is 242 Å². The van der Waals surface area contributed by atoms with Crippen molar-refractivity contribution in [2.45, 2.75) is 77.7 Å². The standard InChI is InChI=1S/C29H36N2O11/c1-8-14-38-31-28(36)41-24-22(34)27(42-29(5,6)25(24)37-7)39-18-13-12-17-21(33)20(26(35)40-23(17)16(18)4)30-19(32)11-9-10-15(2)3/h1,10,12-13,22,24-25,27,33-34H,9,11,14H2,2-7H3,(H,30,32)(H,31,36)/t22-,24+,25-,27-/m1/s1. The minimum Gasteiger partial charge on any atom is -0.505 e. The van der Waals surface area contributed by atoms with Gasteiger partial charge in [0.15, 0.2) is 23.6 Å². The molecule has 1 saturated heterocycles. The molecule has 1 aliphatic heterocycles. The molecule has 13 nitrogen and oxygen atoms in total. The number of aliphatic hydroxyl groups is 1. The second-order valence-electron chi connectivity index (χ2n) is 10.4. The predicted molar refractivity (Wildman–Crippen MR) is 151 cm³/mol. The molecule has 0 aliphatic carbocycles. The van der Waals surface area contributed by atoms with E-state index in [1.54, 1.807) is 20.8 Å². The number of aryl methyl sites for hydroxylation is 1. The third-order valence-corrected chi connectivity index (χ3v) is 6.51. The summed E-state index contributed by atoms with van der Waals surface area (Å²) < 4.78 is 28.2. The van der Waals surface area contributed by atoms with Crippen LogP contribution in [0.1, 0.15) is 46.1 Å². The molecule has 2 heterocycles. The van der Waals surface area contributed by atoms with Gasteiger partial charge in [0, 0.05) is 19.1 Å². The number of methoxy groups -OCH3 is 1. The number of amides is 2. The van der Waals surface area contributed by atoms with E-state index in [9.17, 15) is 24.6 Å². The second-order valence-corrected chi connectivity index (χ2v) is 10.4. The van der Waals surface area contributed by atoms with Crippen molar-refractivity contribution in [2.24, 2.45) is 0 Å². The number of allylic oxidation sites excluding steroid dienone is 2. The first-order valence-corrected chi connectivity index (χ1v) is 13.1. The van der Waals surface area contributed by atoms with Gasteiger partial charge in [-0.1, -0.05) is 17.6 Å². The Hall–Kier alpha value is -4.09. The molecule has 1 aromatic heterocycles. The van der Waals surface area contributed by atoms with Crippen molar-refractivity contribution in [3.8, 4) is 23.8 Å². The lowest BCUT2D eigenvalue weighted by Crippen LogP contribution is -2.65. The number of hydroxylamine groups is 1. The first-order valence-electron chi connectivity index (χ1n) is 13.1. The molecule has 4 atom stereocenters. The molecule has 0 unspecified atom stereocenters. The number of nitrogens with one attached hydrogen (secondary N) is 2. The molecule has 4 N–H and O–H groups in total. The Bertz CT molecular complexity index is 1440. The van der Waals surface area contributed by atoms with Gasteiger partial charge >= 0.3 is 11.7 Å². The van der Waals surface area contributed by atoms with Gasteiger partial charge in [0.2, 0.25) is 12.2 Å². The maximum Gasteiger partial charge on any atom is 0.431 e. The average Bonchev–Trinajstić information content (AvgIpc) is 2.91. The van der Waals surface area contributed by atoms with Crippen LogP contribution in [-0.2, 0) is 23.8 Å². The summed E-state index contributed by atoms with van der Waals surface area (Å²) in [6, 6.07) is 2.90. The summed E-state index contributed by atoms with van der Waals surface area (Å²) in [7, 11) is 1.37. The smallest absolute Gasteiger partial charge is 0.431 e. The van der Waals surface area contributed by atoms with Gasteiger partial charge in [0.25, 0.3) is 0 Å². The van der Waals surface area contributed by atoms with E-state index < -0.39 is 53.6 Å². The monoisotopic (exact) mass is 588 g/mol. The van der Waals surface area contributed by atoms with Gasteiger partial charge in [-0.3, -0.25) is 9.63 Å². The van der Waals surface area contributed by atoms with Crippen LogP contribution in [0.25, 0.3) is 11.0 Å². The van der Waals surface area contributed by atoms with Gasteiger partial charge in [-0.25, -0.2) is 9.59 Å². The van der Waals surface area contributed by atoms with Crippen molar-refractivity contribution in [2.75, 3.05) is 19.0 Å². The molecule has 13 heteroatoms. The van der Waals surface area contributed by atoms with Gasteiger partial charge in [0.05, 0.1) is 11.0 Å². The topological polar surface area (TPSA) is 175 Å². The van der Waals surface area contributed by atoms with E-state index in [1.165, 1.54) is 19.2 Å². The highest BCUT2D eigenvalue weighted by Gasteiger charge is 2.53. The molecule has 42 heavy (non-hydrogen) atoms. The van der Waals surface area contributed by atoms with Gasteiger partial charge < -0.3 is 38.9 Å². The number of benzene rings is 1. The molecule has 0 spiro atoms. The van der Waals surface area contributed by atoms with Crippen molar-refractivity contribution >= 4 is 28.7 Å². The maximum atomic E-state index is 12.7. The average molecular weight is 589 g/mol. The zero-order valence-corrected chi connectivity index (χ0v) is 24.3. The molecule has 228 valence electrons. The summed E-state index contributed by atoms with van der Waals surface area (Å²) in [4.78, 5) is 42.0. The largest absolute Gasteiger partial charge is 0.505 e. The van der Waals surface area contributed by atoms with Gasteiger partial charge in [-0.2, -0.15) is 5.48 Å². The molecule has 2 aromatic rings. The van der Waals surface area contributed by atoms with E-state index in [1.807, 2.05) is 25.4 Å². The van der Waals surface area contributed by atoms with Crippen LogP contribution < -0.4 is 21.2 Å². The number of ether oxygens (including phenoxy) is 4. The number of carbonyl (C=O) groups excluding carboxylic acids is 2. The van der Waals surface area contributed by atoms with E-state index in [4.69, 9.17) is 34.6 Å². The third kappa shape index (κ3) is 7.40. The predicted octanol–water partition coefficient (Wildman–Crippen LogP) is 3.04. The highest BCUT2D eigenvalue weighted by Crippen LogP contribution is 2.38. The van der Waals surface area contributed by atoms with Crippen LogP contribution in [0.15, 0.2) is 33.0 Å². The Morgan fingerprint density at radius 2 is 1.98 bits per heavy atom. The van der Waals surface area contributed by atoms with Crippen molar-refractivity contribution < 1.29 is 48.0 Å². The Morgan fingerprint density at radius 3 is 2.62 bits per heavy atom. The molecular formula is C29H36N2O11. The SMILES string of the molecule is C#CCONC(=O)O[C@H]1[C@@H](O)[C@H](Oc2ccc3c(O)c(NC(=O)CCC=C(C)C)c(=O)oc3c2C)OC(C)(C)[C@@H]1OC. The van der Waals surface area contributed by atoms with E-state index in [-0.39, 0.29) is 35.4 Å². The third-order valence-electron chi connectivity index (χ3n) is 6.51. The number of aliphatic hydroxyl groups excluding tert-OH is 1. The van der Waals surface area contributed by atoms with Crippen molar-refractivity contribution in [1.29, 1.82) is 0 Å².